The van der Waals surface area contributed by atoms with Crippen molar-refractivity contribution in [3.8, 4) is 11.6 Å². The molecule has 6 nitrogen and oxygen atoms in total. The highest BCUT2D eigenvalue weighted by atomic mass is 35.5. The molecule has 3 aromatic rings. The number of nitrogens with zero attached hydrogens (tertiary/aromatic N) is 4. The molecule has 0 aliphatic heterocycles. The van der Waals surface area contributed by atoms with E-state index in [1.54, 1.807) is 41.2 Å². The van der Waals surface area contributed by atoms with Gasteiger partial charge in [-0.25, -0.2) is 4.68 Å². The molecule has 21 heavy (non-hydrogen) atoms. The summed E-state index contributed by atoms with van der Waals surface area (Å²) in [6, 6.07) is 12.2. The normalized spacial score (nSPS) is 10.5. The molecule has 7 heteroatoms. The summed E-state index contributed by atoms with van der Waals surface area (Å²) in [4.78, 5) is 0. The average Bonchev–Trinajstić information content (AvgIpc) is 2.96. The second kappa shape index (κ2) is 5.80. The Morgan fingerprint density at radius 2 is 2.00 bits per heavy atom. The molecule has 2 aromatic heterocycles. The Morgan fingerprint density at radius 1 is 1.19 bits per heavy atom. The van der Waals surface area contributed by atoms with Crippen LogP contribution in [0.3, 0.4) is 0 Å². The second-order valence-electron chi connectivity index (χ2n) is 4.28. The van der Waals surface area contributed by atoms with Gasteiger partial charge in [0.05, 0.1) is 18.0 Å². The summed E-state index contributed by atoms with van der Waals surface area (Å²) >= 11 is 5.84. The fourth-order valence-corrected chi connectivity index (χ4v) is 1.88. The van der Waals surface area contributed by atoms with Crippen LogP contribution in [0.25, 0.3) is 5.69 Å². The highest BCUT2D eigenvalue weighted by molar-refractivity contribution is 6.30. The Hall–Kier alpha value is -2.60. The van der Waals surface area contributed by atoms with Crippen molar-refractivity contribution >= 4 is 11.6 Å². The molecule has 0 atom stereocenters. The lowest BCUT2D eigenvalue weighted by atomic mass is 10.3. The van der Waals surface area contributed by atoms with E-state index >= 15 is 0 Å². The monoisotopic (exact) mass is 302 g/mol. The molecule has 0 spiro atoms. The van der Waals surface area contributed by atoms with Gasteiger partial charge in [0.2, 0.25) is 0 Å². The fourth-order valence-electron chi connectivity index (χ4n) is 1.76. The van der Waals surface area contributed by atoms with Crippen molar-refractivity contribution in [1.29, 1.82) is 0 Å². The first-order valence-electron chi connectivity index (χ1n) is 6.20. The average molecular weight is 303 g/mol. The van der Waals surface area contributed by atoms with E-state index in [1.807, 2.05) is 12.1 Å². The third-order valence-electron chi connectivity index (χ3n) is 2.79. The maximum Gasteiger partial charge on any atom is 0.379 e. The second-order valence-corrected chi connectivity index (χ2v) is 4.72. The topological polar surface area (TPSA) is 66.9 Å². The van der Waals surface area contributed by atoms with E-state index in [4.69, 9.17) is 16.3 Å². The Labute approximate surface area is 125 Å². The minimum absolute atomic E-state index is 0.167. The molecular formula is C14H11ClN4O2. The summed E-state index contributed by atoms with van der Waals surface area (Å²) in [7, 11) is 0. The van der Waals surface area contributed by atoms with Crippen LogP contribution in [0.5, 0.6) is 5.88 Å². The van der Waals surface area contributed by atoms with Crippen LogP contribution in [0, 0.1) is 5.21 Å². The van der Waals surface area contributed by atoms with Gasteiger partial charge in [-0.15, -0.1) is 9.83 Å². The largest absolute Gasteiger partial charge is 0.616 e. The number of hydrogen-bond donors (Lipinski definition) is 0. The minimum atomic E-state index is 0.167. The zero-order valence-electron chi connectivity index (χ0n) is 10.9. The van der Waals surface area contributed by atoms with Crippen LogP contribution in [0.2, 0.25) is 5.02 Å². The molecule has 0 saturated heterocycles. The molecule has 0 amide bonds. The van der Waals surface area contributed by atoms with Crippen molar-refractivity contribution in [2.75, 3.05) is 0 Å². The third-order valence-corrected chi connectivity index (χ3v) is 3.04. The van der Waals surface area contributed by atoms with Gasteiger partial charge in [-0.2, -0.15) is 0 Å². The lowest BCUT2D eigenvalue weighted by Gasteiger charge is -2.03. The SMILES string of the molecule is [O-][n+]1ccccc1OCc1cn(-c2ccc(Cl)cc2)nn1. The Kier molecular flexibility index (Phi) is 3.70. The van der Waals surface area contributed by atoms with Gasteiger partial charge in [0, 0.05) is 11.1 Å². The van der Waals surface area contributed by atoms with Gasteiger partial charge in [0.15, 0.2) is 6.20 Å². The zero-order chi connectivity index (χ0) is 14.7. The number of aromatic nitrogens is 4. The molecule has 0 radical (unpaired) electrons. The smallest absolute Gasteiger partial charge is 0.379 e. The quantitative estimate of drug-likeness (QED) is 0.547. The van der Waals surface area contributed by atoms with Crippen LogP contribution in [0.1, 0.15) is 5.69 Å². The van der Waals surface area contributed by atoms with Crippen molar-refractivity contribution in [3.63, 3.8) is 0 Å². The van der Waals surface area contributed by atoms with Crippen LogP contribution in [-0.4, -0.2) is 15.0 Å². The lowest BCUT2D eigenvalue weighted by molar-refractivity contribution is -0.613. The fraction of sp³-hybridized carbons (Fsp3) is 0.0714. The number of pyridine rings is 1. The van der Waals surface area contributed by atoms with Gasteiger partial charge in [-0.3, -0.25) is 0 Å². The maximum absolute atomic E-state index is 11.4. The predicted molar refractivity (Wildman–Crippen MR) is 76.1 cm³/mol. The van der Waals surface area contributed by atoms with Gasteiger partial charge < -0.3 is 9.94 Å². The van der Waals surface area contributed by atoms with Crippen LogP contribution in [-0.2, 0) is 6.61 Å². The minimum Gasteiger partial charge on any atom is -0.616 e. The van der Waals surface area contributed by atoms with E-state index in [0.717, 1.165) is 5.69 Å². The van der Waals surface area contributed by atoms with Crippen molar-refractivity contribution < 1.29 is 9.47 Å². The Bertz CT molecular complexity index is 743. The van der Waals surface area contributed by atoms with Crippen molar-refractivity contribution in [2.45, 2.75) is 6.61 Å². The highest BCUT2D eigenvalue weighted by Crippen LogP contribution is 2.13. The lowest BCUT2D eigenvalue weighted by Crippen LogP contribution is -2.27. The molecule has 0 aliphatic carbocycles. The molecule has 0 aliphatic rings. The first-order chi connectivity index (χ1) is 10.2. The number of hydrogen-bond acceptors (Lipinski definition) is 4. The van der Waals surface area contributed by atoms with Gasteiger partial charge in [-0.05, 0) is 30.3 Å². The summed E-state index contributed by atoms with van der Waals surface area (Å²) < 4.78 is 7.68. The molecule has 0 saturated carbocycles. The van der Waals surface area contributed by atoms with Crippen molar-refractivity contribution in [2.24, 2.45) is 0 Å². The molecule has 1 aromatic carbocycles. The van der Waals surface area contributed by atoms with E-state index in [9.17, 15) is 5.21 Å². The molecule has 3 rings (SSSR count). The van der Waals surface area contributed by atoms with Crippen LogP contribution < -0.4 is 9.47 Å². The number of halogens is 1. The summed E-state index contributed by atoms with van der Waals surface area (Å²) in [6.07, 6.45) is 3.11. The van der Waals surface area contributed by atoms with Crippen LogP contribution in [0.4, 0.5) is 0 Å². The van der Waals surface area contributed by atoms with E-state index < -0.39 is 0 Å². The predicted octanol–water partition coefficient (Wildman–Crippen LogP) is 2.13. The molecule has 0 N–H and O–H groups in total. The van der Waals surface area contributed by atoms with E-state index in [-0.39, 0.29) is 12.5 Å². The molecule has 106 valence electrons. The van der Waals surface area contributed by atoms with E-state index in [1.165, 1.54) is 6.20 Å². The zero-order valence-corrected chi connectivity index (χ0v) is 11.6. The van der Waals surface area contributed by atoms with Crippen molar-refractivity contribution in [1.82, 2.24) is 15.0 Å². The van der Waals surface area contributed by atoms with Gasteiger partial charge in [0.1, 0.15) is 12.3 Å². The molecule has 2 heterocycles. The highest BCUT2D eigenvalue weighted by Gasteiger charge is 2.08. The Balaban J connectivity index is 1.71. The summed E-state index contributed by atoms with van der Waals surface area (Å²) in [5.74, 6) is 0.221. The van der Waals surface area contributed by atoms with E-state index in [2.05, 4.69) is 10.3 Å². The summed E-state index contributed by atoms with van der Waals surface area (Å²) in [6.45, 7) is 0.167. The molecule has 0 bridgehead atoms. The summed E-state index contributed by atoms with van der Waals surface area (Å²) in [5, 5.41) is 20.1. The summed E-state index contributed by atoms with van der Waals surface area (Å²) in [5.41, 5.74) is 1.46. The van der Waals surface area contributed by atoms with Gasteiger partial charge in [0.25, 0.3) is 0 Å². The van der Waals surface area contributed by atoms with E-state index in [0.29, 0.717) is 15.4 Å². The van der Waals surface area contributed by atoms with Crippen molar-refractivity contribution in [3.05, 3.63) is 70.8 Å². The standard InChI is InChI=1S/C14H11ClN4O2/c15-11-4-6-13(7-5-11)18-9-12(16-17-18)10-21-14-3-1-2-8-19(14)20/h1-9H,10H2. The number of rotatable bonds is 4. The molecular weight excluding hydrogens is 292 g/mol. The molecule has 0 unspecified atom stereocenters. The van der Waals surface area contributed by atoms with Crippen LogP contribution >= 0.6 is 11.6 Å². The first-order valence-corrected chi connectivity index (χ1v) is 6.58. The third kappa shape index (κ3) is 3.11. The van der Waals surface area contributed by atoms with Gasteiger partial charge >= 0.3 is 5.88 Å². The maximum atomic E-state index is 11.4. The molecule has 0 fully saturated rings. The first kappa shape index (κ1) is 13.4. The Morgan fingerprint density at radius 3 is 2.76 bits per heavy atom. The number of benzene rings is 1. The van der Waals surface area contributed by atoms with Gasteiger partial charge in [-0.1, -0.05) is 16.8 Å². The number of ether oxygens (including phenoxy) is 1. The van der Waals surface area contributed by atoms with Crippen LogP contribution in [0.15, 0.2) is 54.9 Å².